The highest BCUT2D eigenvalue weighted by Gasteiger charge is 2.41. The summed E-state index contributed by atoms with van der Waals surface area (Å²) >= 11 is 3.53. The number of hydrogen-bond acceptors (Lipinski definition) is 4. The molecule has 1 saturated heterocycles. The van der Waals surface area contributed by atoms with Crippen molar-refractivity contribution in [1.29, 1.82) is 0 Å². The number of hydrogen-bond donors (Lipinski definition) is 0. The summed E-state index contributed by atoms with van der Waals surface area (Å²) < 4.78 is 26.5. The summed E-state index contributed by atoms with van der Waals surface area (Å²) in [5, 5.41) is 8.39. The Kier molecular flexibility index (Phi) is 4.39. The van der Waals surface area contributed by atoms with E-state index < -0.39 is 5.41 Å². The van der Waals surface area contributed by atoms with Gasteiger partial charge in [-0.1, -0.05) is 40.2 Å². The zero-order chi connectivity index (χ0) is 17.3. The van der Waals surface area contributed by atoms with Gasteiger partial charge in [0.15, 0.2) is 0 Å². The van der Waals surface area contributed by atoms with Crippen molar-refractivity contribution in [1.82, 2.24) is 10.2 Å². The van der Waals surface area contributed by atoms with Crippen LogP contribution in [0.15, 0.2) is 57.4 Å². The van der Waals surface area contributed by atoms with Crippen LogP contribution in [0.3, 0.4) is 0 Å². The zero-order valence-electron chi connectivity index (χ0n) is 13.4. The highest BCUT2D eigenvalue weighted by Crippen LogP contribution is 2.42. The number of benzene rings is 2. The number of halogens is 2. The van der Waals surface area contributed by atoms with Gasteiger partial charge in [0.2, 0.25) is 5.89 Å². The number of rotatable bonds is 3. The Morgan fingerprint density at radius 1 is 1.00 bits per heavy atom. The second kappa shape index (κ2) is 6.69. The molecule has 0 bridgehead atoms. The van der Waals surface area contributed by atoms with E-state index >= 15 is 0 Å². The molecular weight excluding hydrogens is 387 g/mol. The van der Waals surface area contributed by atoms with Crippen molar-refractivity contribution in [3.63, 3.8) is 0 Å². The van der Waals surface area contributed by atoms with Crippen LogP contribution >= 0.6 is 15.9 Å². The maximum absolute atomic E-state index is 14.0. The Morgan fingerprint density at radius 3 is 2.56 bits per heavy atom. The lowest BCUT2D eigenvalue weighted by atomic mass is 9.74. The minimum Gasteiger partial charge on any atom is -0.420 e. The van der Waals surface area contributed by atoms with Crippen LogP contribution in [0.1, 0.15) is 24.3 Å². The number of ether oxygens (including phenoxy) is 1. The van der Waals surface area contributed by atoms with Gasteiger partial charge in [0.05, 0.1) is 11.0 Å². The third kappa shape index (κ3) is 3.00. The fourth-order valence-corrected chi connectivity index (χ4v) is 3.69. The molecule has 2 heterocycles. The average Bonchev–Trinajstić information content (AvgIpc) is 3.13. The van der Waals surface area contributed by atoms with Crippen molar-refractivity contribution in [3.8, 4) is 11.5 Å². The van der Waals surface area contributed by atoms with Crippen LogP contribution in [0.2, 0.25) is 0 Å². The van der Waals surface area contributed by atoms with Crippen molar-refractivity contribution < 1.29 is 13.5 Å². The van der Waals surface area contributed by atoms with Crippen molar-refractivity contribution in [3.05, 3.63) is 70.3 Å². The normalized spacial score (nSPS) is 16.7. The lowest BCUT2D eigenvalue weighted by molar-refractivity contribution is 0.0546. The minimum absolute atomic E-state index is 0.203. The molecule has 4 rings (SSSR count). The van der Waals surface area contributed by atoms with Crippen molar-refractivity contribution in [2.75, 3.05) is 13.2 Å². The molecular formula is C19H16BrFN2O2. The van der Waals surface area contributed by atoms with E-state index in [-0.39, 0.29) is 11.7 Å². The molecule has 1 fully saturated rings. The summed E-state index contributed by atoms with van der Waals surface area (Å²) in [5.41, 5.74) is 0.991. The molecule has 1 aromatic heterocycles. The smallest absolute Gasteiger partial charge is 0.250 e. The molecule has 0 radical (unpaired) electrons. The lowest BCUT2D eigenvalue weighted by Crippen LogP contribution is -2.35. The van der Waals surface area contributed by atoms with Crippen molar-refractivity contribution in [2.45, 2.75) is 18.3 Å². The first kappa shape index (κ1) is 16.4. The summed E-state index contributed by atoms with van der Waals surface area (Å²) in [6.45, 7) is 1.23. The van der Waals surface area contributed by atoms with E-state index in [1.807, 2.05) is 12.1 Å². The third-order valence-corrected chi connectivity index (χ3v) is 5.16. The summed E-state index contributed by atoms with van der Waals surface area (Å²) in [7, 11) is 0. The summed E-state index contributed by atoms with van der Waals surface area (Å²) in [4.78, 5) is 0. The third-order valence-electron chi connectivity index (χ3n) is 4.66. The van der Waals surface area contributed by atoms with Crippen LogP contribution < -0.4 is 0 Å². The van der Waals surface area contributed by atoms with Gasteiger partial charge in [-0.25, -0.2) is 4.39 Å². The molecule has 2 aromatic carbocycles. The molecule has 0 amide bonds. The molecule has 1 aliphatic heterocycles. The van der Waals surface area contributed by atoms with Crippen LogP contribution in [0.4, 0.5) is 4.39 Å². The molecule has 1 aliphatic rings. The Balaban J connectivity index is 1.80. The Bertz CT molecular complexity index is 890. The van der Waals surface area contributed by atoms with Crippen LogP contribution in [0.5, 0.6) is 0 Å². The first-order valence-electron chi connectivity index (χ1n) is 8.12. The largest absolute Gasteiger partial charge is 0.420 e. The Hall–Kier alpha value is -2.05. The van der Waals surface area contributed by atoms with Gasteiger partial charge in [-0.3, -0.25) is 0 Å². The Labute approximate surface area is 153 Å². The number of nitrogens with zero attached hydrogens (tertiary/aromatic N) is 2. The van der Waals surface area contributed by atoms with Crippen LogP contribution in [-0.2, 0) is 10.2 Å². The molecule has 0 aliphatic carbocycles. The Morgan fingerprint density at radius 2 is 1.80 bits per heavy atom. The van der Waals surface area contributed by atoms with E-state index in [1.54, 1.807) is 18.2 Å². The standard InChI is InChI=1S/C19H16BrFN2O2/c20-14-5-3-4-13(12-14)19(8-10-24-11-9-19)18-23-22-17(25-18)15-6-1-2-7-16(15)21/h1-7,12H,8-11H2. The molecule has 0 unspecified atom stereocenters. The SMILES string of the molecule is Fc1ccccc1-c1nnc(C2(c3cccc(Br)c3)CCOCC2)o1. The van der Waals surface area contributed by atoms with Gasteiger partial charge in [0, 0.05) is 17.7 Å². The molecule has 0 atom stereocenters. The van der Waals surface area contributed by atoms with E-state index in [0.717, 1.165) is 22.9 Å². The first-order valence-corrected chi connectivity index (χ1v) is 8.91. The summed E-state index contributed by atoms with van der Waals surface area (Å²) in [6.07, 6.45) is 1.48. The highest BCUT2D eigenvalue weighted by atomic mass is 79.9. The van der Waals surface area contributed by atoms with Crippen molar-refractivity contribution >= 4 is 15.9 Å². The summed E-state index contributed by atoms with van der Waals surface area (Å²) in [5.74, 6) is 0.335. The van der Waals surface area contributed by atoms with Gasteiger partial charge >= 0.3 is 0 Å². The van der Waals surface area contributed by atoms with Crippen LogP contribution in [0, 0.1) is 5.82 Å². The molecule has 0 saturated carbocycles. The lowest BCUT2D eigenvalue weighted by Gasteiger charge is -2.34. The van der Waals surface area contributed by atoms with E-state index in [2.05, 4.69) is 38.3 Å². The average molecular weight is 403 g/mol. The van der Waals surface area contributed by atoms with E-state index in [9.17, 15) is 4.39 Å². The highest BCUT2D eigenvalue weighted by molar-refractivity contribution is 9.10. The molecule has 3 aromatic rings. The first-order chi connectivity index (χ1) is 12.2. The van der Waals surface area contributed by atoms with Gasteiger partial charge in [-0.05, 0) is 42.7 Å². The predicted molar refractivity (Wildman–Crippen MR) is 94.7 cm³/mol. The van der Waals surface area contributed by atoms with Gasteiger partial charge < -0.3 is 9.15 Å². The molecule has 0 N–H and O–H groups in total. The fourth-order valence-electron chi connectivity index (χ4n) is 3.29. The second-order valence-corrected chi connectivity index (χ2v) is 7.01. The molecule has 128 valence electrons. The molecule has 25 heavy (non-hydrogen) atoms. The zero-order valence-corrected chi connectivity index (χ0v) is 15.0. The van der Waals surface area contributed by atoms with Gasteiger partial charge in [-0.15, -0.1) is 10.2 Å². The van der Waals surface area contributed by atoms with Gasteiger partial charge in [0.25, 0.3) is 5.89 Å². The van der Waals surface area contributed by atoms with Crippen LogP contribution in [0.25, 0.3) is 11.5 Å². The van der Waals surface area contributed by atoms with E-state index in [1.165, 1.54) is 6.07 Å². The topological polar surface area (TPSA) is 48.2 Å². The number of aromatic nitrogens is 2. The fraction of sp³-hybridized carbons (Fsp3) is 0.263. The van der Waals surface area contributed by atoms with E-state index in [4.69, 9.17) is 9.15 Å². The van der Waals surface area contributed by atoms with Gasteiger partial charge in [0.1, 0.15) is 5.82 Å². The maximum atomic E-state index is 14.0. The molecule has 4 nitrogen and oxygen atoms in total. The molecule has 6 heteroatoms. The maximum Gasteiger partial charge on any atom is 0.250 e. The van der Waals surface area contributed by atoms with Crippen molar-refractivity contribution in [2.24, 2.45) is 0 Å². The quantitative estimate of drug-likeness (QED) is 0.634. The van der Waals surface area contributed by atoms with Crippen LogP contribution in [-0.4, -0.2) is 23.4 Å². The van der Waals surface area contributed by atoms with Gasteiger partial charge in [-0.2, -0.15) is 0 Å². The molecule has 0 spiro atoms. The second-order valence-electron chi connectivity index (χ2n) is 6.10. The predicted octanol–water partition coefficient (Wildman–Crippen LogP) is 4.73. The monoisotopic (exact) mass is 402 g/mol. The van der Waals surface area contributed by atoms with E-state index in [0.29, 0.717) is 24.7 Å². The minimum atomic E-state index is -0.418. The summed E-state index contributed by atoms with van der Waals surface area (Å²) in [6, 6.07) is 14.5.